The largest absolute Gasteiger partial charge is 0.484 e. The van der Waals surface area contributed by atoms with Crippen molar-refractivity contribution < 1.29 is 14.3 Å². The van der Waals surface area contributed by atoms with E-state index in [1.807, 2.05) is 29.2 Å². The van der Waals surface area contributed by atoms with Gasteiger partial charge in [-0.25, -0.2) is 0 Å². The first-order valence-electron chi connectivity index (χ1n) is 10.3. The van der Waals surface area contributed by atoms with E-state index in [0.717, 1.165) is 6.42 Å². The maximum atomic E-state index is 12.9. The SMILES string of the molecule is CC(C)(C)c1ccc(C(=O)N2CCCN(C(=O)COc3ccc(Cl)cc3)CC2)cc1. The topological polar surface area (TPSA) is 49.9 Å². The zero-order chi connectivity index (χ0) is 21.7. The number of carbonyl (C=O) groups excluding carboxylic acids is 2. The van der Waals surface area contributed by atoms with Crippen LogP contribution in [0.5, 0.6) is 5.75 Å². The summed E-state index contributed by atoms with van der Waals surface area (Å²) in [7, 11) is 0. The first-order valence-corrected chi connectivity index (χ1v) is 10.7. The Morgan fingerprint density at radius 3 is 2.13 bits per heavy atom. The Kier molecular flexibility index (Phi) is 7.03. The van der Waals surface area contributed by atoms with Gasteiger partial charge < -0.3 is 14.5 Å². The van der Waals surface area contributed by atoms with Crippen LogP contribution in [0.15, 0.2) is 48.5 Å². The highest BCUT2D eigenvalue weighted by molar-refractivity contribution is 6.30. The molecule has 0 bridgehead atoms. The smallest absolute Gasteiger partial charge is 0.260 e. The molecule has 0 aliphatic carbocycles. The monoisotopic (exact) mass is 428 g/mol. The number of halogens is 1. The molecular weight excluding hydrogens is 400 g/mol. The molecule has 5 nitrogen and oxygen atoms in total. The fourth-order valence-electron chi connectivity index (χ4n) is 3.43. The lowest BCUT2D eigenvalue weighted by molar-refractivity contribution is -0.133. The molecule has 30 heavy (non-hydrogen) atoms. The third-order valence-electron chi connectivity index (χ3n) is 5.31. The average molecular weight is 429 g/mol. The summed E-state index contributed by atoms with van der Waals surface area (Å²) >= 11 is 5.86. The van der Waals surface area contributed by atoms with Crippen LogP contribution in [0, 0.1) is 0 Å². The molecule has 0 radical (unpaired) electrons. The second-order valence-electron chi connectivity index (χ2n) is 8.60. The lowest BCUT2D eigenvalue weighted by atomic mass is 9.86. The molecule has 1 aliphatic rings. The number of hydrogen-bond donors (Lipinski definition) is 0. The number of ether oxygens (including phenoxy) is 1. The van der Waals surface area contributed by atoms with Gasteiger partial charge in [-0.15, -0.1) is 0 Å². The molecule has 0 unspecified atom stereocenters. The van der Waals surface area contributed by atoms with E-state index in [9.17, 15) is 9.59 Å². The van der Waals surface area contributed by atoms with Gasteiger partial charge in [0.05, 0.1) is 0 Å². The molecule has 1 saturated heterocycles. The summed E-state index contributed by atoms with van der Waals surface area (Å²) in [6, 6.07) is 14.8. The Bertz CT molecular complexity index is 873. The molecule has 0 atom stereocenters. The maximum absolute atomic E-state index is 12.9. The first-order chi connectivity index (χ1) is 14.2. The second kappa shape index (κ2) is 9.52. The molecule has 2 aromatic carbocycles. The van der Waals surface area contributed by atoms with Crippen LogP contribution in [-0.4, -0.2) is 54.4 Å². The van der Waals surface area contributed by atoms with Gasteiger partial charge in [-0.05, 0) is 53.8 Å². The molecule has 1 fully saturated rings. The number of rotatable bonds is 4. The number of amides is 2. The van der Waals surface area contributed by atoms with Crippen molar-refractivity contribution in [2.24, 2.45) is 0 Å². The lowest BCUT2D eigenvalue weighted by Gasteiger charge is -2.23. The zero-order valence-corrected chi connectivity index (χ0v) is 18.6. The maximum Gasteiger partial charge on any atom is 0.260 e. The quantitative estimate of drug-likeness (QED) is 0.725. The Hall–Kier alpha value is -2.53. The van der Waals surface area contributed by atoms with E-state index >= 15 is 0 Å². The average Bonchev–Trinajstić information content (AvgIpc) is 2.98. The molecule has 0 spiro atoms. The minimum atomic E-state index is -0.0752. The Morgan fingerprint density at radius 1 is 0.900 bits per heavy atom. The van der Waals surface area contributed by atoms with Crippen molar-refractivity contribution in [3.63, 3.8) is 0 Å². The van der Waals surface area contributed by atoms with Crippen molar-refractivity contribution >= 4 is 23.4 Å². The molecule has 3 rings (SSSR count). The number of hydrogen-bond acceptors (Lipinski definition) is 3. The van der Waals surface area contributed by atoms with Gasteiger partial charge in [0, 0.05) is 36.8 Å². The van der Waals surface area contributed by atoms with Gasteiger partial charge in [0.1, 0.15) is 5.75 Å². The fraction of sp³-hybridized carbons (Fsp3) is 0.417. The highest BCUT2D eigenvalue weighted by Gasteiger charge is 2.23. The van der Waals surface area contributed by atoms with Crippen LogP contribution in [-0.2, 0) is 10.2 Å². The van der Waals surface area contributed by atoms with E-state index in [1.54, 1.807) is 29.2 Å². The van der Waals surface area contributed by atoms with E-state index in [0.29, 0.717) is 42.5 Å². The van der Waals surface area contributed by atoms with E-state index in [4.69, 9.17) is 16.3 Å². The van der Waals surface area contributed by atoms with Crippen LogP contribution >= 0.6 is 11.6 Å². The molecule has 6 heteroatoms. The Labute approximate surface area is 183 Å². The van der Waals surface area contributed by atoms with Gasteiger partial charge in [-0.1, -0.05) is 44.5 Å². The van der Waals surface area contributed by atoms with Gasteiger partial charge in [0.15, 0.2) is 6.61 Å². The normalized spacial score (nSPS) is 14.9. The minimum absolute atomic E-state index is 0.0159. The summed E-state index contributed by atoms with van der Waals surface area (Å²) in [6.07, 6.45) is 0.749. The van der Waals surface area contributed by atoms with Crippen molar-refractivity contribution in [2.45, 2.75) is 32.6 Å². The van der Waals surface area contributed by atoms with Crippen molar-refractivity contribution in [1.29, 1.82) is 0 Å². The number of benzene rings is 2. The van der Waals surface area contributed by atoms with Crippen molar-refractivity contribution in [2.75, 3.05) is 32.8 Å². The van der Waals surface area contributed by atoms with Gasteiger partial charge in [0.2, 0.25) is 0 Å². The summed E-state index contributed by atoms with van der Waals surface area (Å²) in [5, 5.41) is 0.624. The predicted octanol–water partition coefficient (Wildman–Crippen LogP) is 4.39. The van der Waals surface area contributed by atoms with Crippen LogP contribution in [0.1, 0.15) is 43.1 Å². The summed E-state index contributed by atoms with van der Waals surface area (Å²) in [4.78, 5) is 29.1. The van der Waals surface area contributed by atoms with Crippen LogP contribution in [0.3, 0.4) is 0 Å². The predicted molar refractivity (Wildman–Crippen MR) is 119 cm³/mol. The summed E-state index contributed by atoms with van der Waals surface area (Å²) in [5.74, 6) is 0.550. The molecule has 0 aromatic heterocycles. The molecule has 2 aromatic rings. The van der Waals surface area contributed by atoms with Gasteiger partial charge >= 0.3 is 0 Å². The lowest BCUT2D eigenvalue weighted by Crippen LogP contribution is -2.39. The number of carbonyl (C=O) groups is 2. The molecule has 1 aliphatic heterocycles. The van der Waals surface area contributed by atoms with E-state index in [2.05, 4.69) is 20.8 Å². The third-order valence-corrected chi connectivity index (χ3v) is 5.56. The second-order valence-corrected chi connectivity index (χ2v) is 9.03. The van der Waals surface area contributed by atoms with Gasteiger partial charge in [-0.3, -0.25) is 9.59 Å². The summed E-state index contributed by atoms with van der Waals surface area (Å²) < 4.78 is 5.57. The summed E-state index contributed by atoms with van der Waals surface area (Å²) in [5.41, 5.74) is 1.94. The summed E-state index contributed by atoms with van der Waals surface area (Å²) in [6.45, 7) is 8.73. The molecule has 0 N–H and O–H groups in total. The van der Waals surface area contributed by atoms with Crippen LogP contribution < -0.4 is 4.74 Å². The van der Waals surface area contributed by atoms with Crippen molar-refractivity contribution in [3.05, 3.63) is 64.7 Å². The highest BCUT2D eigenvalue weighted by atomic mass is 35.5. The highest BCUT2D eigenvalue weighted by Crippen LogP contribution is 2.23. The van der Waals surface area contributed by atoms with Gasteiger partial charge in [-0.2, -0.15) is 0 Å². The first kappa shape index (κ1) is 22.2. The Morgan fingerprint density at radius 2 is 1.50 bits per heavy atom. The standard InChI is InChI=1S/C24H29ClN2O3/c1-24(2,3)19-7-5-18(6-8-19)23(29)27-14-4-13-26(15-16-27)22(28)17-30-21-11-9-20(25)10-12-21/h5-12H,4,13-17H2,1-3H3. The fourth-order valence-corrected chi connectivity index (χ4v) is 3.56. The zero-order valence-electron chi connectivity index (χ0n) is 17.9. The molecule has 1 heterocycles. The van der Waals surface area contributed by atoms with E-state index < -0.39 is 0 Å². The van der Waals surface area contributed by atoms with Crippen LogP contribution in [0.25, 0.3) is 0 Å². The van der Waals surface area contributed by atoms with Crippen LogP contribution in [0.2, 0.25) is 5.02 Å². The molecule has 160 valence electrons. The minimum Gasteiger partial charge on any atom is -0.484 e. The van der Waals surface area contributed by atoms with Crippen molar-refractivity contribution in [1.82, 2.24) is 9.80 Å². The number of nitrogens with zero attached hydrogens (tertiary/aromatic N) is 2. The van der Waals surface area contributed by atoms with Gasteiger partial charge in [0.25, 0.3) is 11.8 Å². The Balaban J connectivity index is 1.54. The molecule has 0 saturated carbocycles. The molecule has 2 amide bonds. The van der Waals surface area contributed by atoms with Crippen molar-refractivity contribution in [3.8, 4) is 5.75 Å². The third kappa shape index (κ3) is 5.76. The van der Waals surface area contributed by atoms with E-state index in [-0.39, 0.29) is 23.8 Å². The van der Waals surface area contributed by atoms with Crippen LogP contribution in [0.4, 0.5) is 0 Å². The van der Waals surface area contributed by atoms with E-state index in [1.165, 1.54) is 5.56 Å². The molecular formula is C24H29ClN2O3.